The van der Waals surface area contributed by atoms with E-state index in [0.29, 0.717) is 21.9 Å². The van der Waals surface area contributed by atoms with Gasteiger partial charge in [-0.2, -0.15) is 0 Å². The summed E-state index contributed by atoms with van der Waals surface area (Å²) in [6.07, 6.45) is -2.18. The zero-order chi connectivity index (χ0) is 16.0. The Labute approximate surface area is 131 Å². The molecule has 0 saturated carbocycles. The van der Waals surface area contributed by atoms with E-state index in [0.717, 1.165) is 11.8 Å². The number of rotatable bonds is 7. The van der Waals surface area contributed by atoms with Crippen LogP contribution in [-0.4, -0.2) is 38.3 Å². The SMILES string of the molecule is CC(=O)SCCC(O)C(O)c1ccc(Cl)c(CC(=O)O)c1. The normalized spacial score (nSPS) is 13.7. The largest absolute Gasteiger partial charge is 0.481 e. The maximum Gasteiger partial charge on any atom is 0.307 e. The predicted octanol–water partition coefficient (Wildman–Crippen LogP) is 2.03. The lowest BCUT2D eigenvalue weighted by molar-refractivity contribution is -0.136. The molecule has 2 atom stereocenters. The highest BCUT2D eigenvalue weighted by molar-refractivity contribution is 8.13. The van der Waals surface area contributed by atoms with Crippen molar-refractivity contribution in [1.29, 1.82) is 0 Å². The van der Waals surface area contributed by atoms with Crippen LogP contribution in [0, 0.1) is 0 Å². The quantitative estimate of drug-likeness (QED) is 0.707. The van der Waals surface area contributed by atoms with Crippen molar-refractivity contribution in [3.05, 3.63) is 34.3 Å². The van der Waals surface area contributed by atoms with Crippen LogP contribution in [0.2, 0.25) is 5.02 Å². The van der Waals surface area contributed by atoms with E-state index in [2.05, 4.69) is 0 Å². The van der Waals surface area contributed by atoms with Gasteiger partial charge in [0.15, 0.2) is 5.12 Å². The van der Waals surface area contributed by atoms with Crippen LogP contribution in [-0.2, 0) is 16.0 Å². The first-order valence-corrected chi connectivity index (χ1v) is 7.67. The summed E-state index contributed by atoms with van der Waals surface area (Å²) in [7, 11) is 0. The zero-order valence-electron chi connectivity index (χ0n) is 11.5. The highest BCUT2D eigenvalue weighted by atomic mass is 35.5. The Morgan fingerprint density at radius 2 is 2.00 bits per heavy atom. The van der Waals surface area contributed by atoms with E-state index in [4.69, 9.17) is 16.7 Å². The van der Waals surface area contributed by atoms with Gasteiger partial charge in [-0.3, -0.25) is 9.59 Å². The number of carbonyl (C=O) groups excluding carboxylic acids is 1. The molecule has 1 aromatic carbocycles. The third kappa shape index (κ3) is 6.05. The Kier molecular flexibility index (Phi) is 7.17. The Morgan fingerprint density at radius 1 is 1.33 bits per heavy atom. The molecule has 0 aliphatic rings. The average Bonchev–Trinajstić information content (AvgIpc) is 2.39. The number of aliphatic hydroxyl groups excluding tert-OH is 2. The third-order valence-electron chi connectivity index (χ3n) is 2.84. The summed E-state index contributed by atoms with van der Waals surface area (Å²) in [5.41, 5.74) is 0.780. The van der Waals surface area contributed by atoms with Crippen LogP contribution in [0.3, 0.4) is 0 Å². The first-order chi connectivity index (χ1) is 9.81. The molecule has 116 valence electrons. The van der Waals surface area contributed by atoms with Gasteiger partial charge in [0.05, 0.1) is 12.5 Å². The summed E-state index contributed by atoms with van der Waals surface area (Å²) in [6, 6.07) is 4.51. The van der Waals surface area contributed by atoms with Gasteiger partial charge in [0.1, 0.15) is 6.10 Å². The number of hydrogen-bond acceptors (Lipinski definition) is 5. The summed E-state index contributed by atoms with van der Waals surface area (Å²) < 4.78 is 0. The lowest BCUT2D eigenvalue weighted by atomic mass is 9.99. The number of halogens is 1. The van der Waals surface area contributed by atoms with Gasteiger partial charge >= 0.3 is 5.97 Å². The van der Waals surface area contributed by atoms with E-state index in [1.165, 1.54) is 19.1 Å². The van der Waals surface area contributed by atoms with Crippen molar-refractivity contribution in [2.45, 2.75) is 32.0 Å². The topological polar surface area (TPSA) is 94.8 Å². The van der Waals surface area contributed by atoms with Crippen LogP contribution in [0.25, 0.3) is 0 Å². The molecule has 0 radical (unpaired) electrons. The lowest BCUT2D eigenvalue weighted by Gasteiger charge is -2.18. The Balaban J connectivity index is 2.74. The number of aliphatic carboxylic acids is 1. The molecular weight excluding hydrogens is 316 g/mol. The molecule has 0 fully saturated rings. The van der Waals surface area contributed by atoms with Gasteiger partial charge in [-0.15, -0.1) is 0 Å². The fourth-order valence-electron chi connectivity index (χ4n) is 1.78. The van der Waals surface area contributed by atoms with Crippen LogP contribution in [0.15, 0.2) is 18.2 Å². The molecule has 21 heavy (non-hydrogen) atoms. The van der Waals surface area contributed by atoms with E-state index < -0.39 is 18.2 Å². The molecule has 0 bridgehead atoms. The minimum Gasteiger partial charge on any atom is -0.481 e. The van der Waals surface area contributed by atoms with Crippen molar-refractivity contribution < 1.29 is 24.9 Å². The smallest absolute Gasteiger partial charge is 0.307 e. The standard InChI is InChI=1S/C14H17ClO5S/c1-8(16)21-5-4-12(17)14(20)9-2-3-11(15)10(6-9)7-13(18)19/h2-3,6,12,14,17,20H,4-5,7H2,1H3,(H,18,19). The molecular formula is C14H17ClO5S. The molecule has 0 aliphatic carbocycles. The van der Waals surface area contributed by atoms with Crippen LogP contribution >= 0.6 is 23.4 Å². The average molecular weight is 333 g/mol. The fourth-order valence-corrected chi connectivity index (χ4v) is 2.61. The molecule has 0 aromatic heterocycles. The fraction of sp³-hybridized carbons (Fsp3) is 0.429. The molecule has 0 aliphatic heterocycles. The van der Waals surface area contributed by atoms with Gasteiger partial charge in [-0.25, -0.2) is 0 Å². The van der Waals surface area contributed by atoms with E-state index in [1.54, 1.807) is 6.07 Å². The number of carboxylic acid groups (broad SMARTS) is 1. The zero-order valence-corrected chi connectivity index (χ0v) is 13.0. The van der Waals surface area contributed by atoms with E-state index >= 15 is 0 Å². The molecule has 3 N–H and O–H groups in total. The minimum absolute atomic E-state index is 0.0491. The number of carboxylic acids is 1. The van der Waals surface area contributed by atoms with Gasteiger partial charge in [0.2, 0.25) is 0 Å². The highest BCUT2D eigenvalue weighted by Crippen LogP contribution is 2.25. The molecule has 0 amide bonds. The number of carbonyl (C=O) groups is 2. The van der Waals surface area contributed by atoms with Crippen molar-refractivity contribution in [3.8, 4) is 0 Å². The van der Waals surface area contributed by atoms with Crippen LogP contribution in [0.5, 0.6) is 0 Å². The summed E-state index contributed by atoms with van der Waals surface area (Å²) in [5, 5.41) is 29.0. The summed E-state index contributed by atoms with van der Waals surface area (Å²) in [5.74, 6) is -0.620. The summed E-state index contributed by atoms with van der Waals surface area (Å²) in [4.78, 5) is 21.5. The van der Waals surface area contributed by atoms with Gasteiger partial charge in [-0.1, -0.05) is 35.5 Å². The molecule has 7 heteroatoms. The van der Waals surface area contributed by atoms with Gasteiger partial charge < -0.3 is 15.3 Å². The van der Waals surface area contributed by atoms with Crippen molar-refractivity contribution in [2.24, 2.45) is 0 Å². The Bertz CT molecular complexity index is 520. The first kappa shape index (κ1) is 18.0. The van der Waals surface area contributed by atoms with Crippen molar-refractivity contribution in [3.63, 3.8) is 0 Å². The maximum absolute atomic E-state index is 10.8. The van der Waals surface area contributed by atoms with Crippen LogP contribution in [0.1, 0.15) is 30.6 Å². The minimum atomic E-state index is -1.15. The molecule has 1 rings (SSSR count). The van der Waals surface area contributed by atoms with E-state index in [9.17, 15) is 19.8 Å². The monoisotopic (exact) mass is 332 g/mol. The van der Waals surface area contributed by atoms with Gasteiger partial charge in [0.25, 0.3) is 0 Å². The lowest BCUT2D eigenvalue weighted by Crippen LogP contribution is -2.19. The van der Waals surface area contributed by atoms with Gasteiger partial charge in [-0.05, 0) is 23.6 Å². The second-order valence-electron chi connectivity index (χ2n) is 4.56. The second-order valence-corrected chi connectivity index (χ2v) is 6.24. The molecule has 0 heterocycles. The van der Waals surface area contributed by atoms with Crippen LogP contribution < -0.4 is 0 Å². The molecule has 2 unspecified atom stereocenters. The molecule has 0 saturated heterocycles. The molecule has 0 spiro atoms. The Morgan fingerprint density at radius 3 is 2.57 bits per heavy atom. The van der Waals surface area contributed by atoms with Crippen molar-refractivity contribution >= 4 is 34.4 Å². The number of hydrogen-bond donors (Lipinski definition) is 3. The first-order valence-electron chi connectivity index (χ1n) is 6.31. The van der Waals surface area contributed by atoms with E-state index in [-0.39, 0.29) is 18.0 Å². The van der Waals surface area contributed by atoms with Crippen LogP contribution in [0.4, 0.5) is 0 Å². The second kappa shape index (κ2) is 8.38. The third-order valence-corrected chi connectivity index (χ3v) is 4.05. The highest BCUT2D eigenvalue weighted by Gasteiger charge is 2.19. The molecule has 1 aromatic rings. The van der Waals surface area contributed by atoms with Crippen molar-refractivity contribution in [1.82, 2.24) is 0 Å². The van der Waals surface area contributed by atoms with E-state index in [1.807, 2.05) is 0 Å². The maximum atomic E-state index is 10.8. The van der Waals surface area contributed by atoms with Crippen molar-refractivity contribution in [2.75, 3.05) is 5.75 Å². The summed E-state index contributed by atoms with van der Waals surface area (Å²) >= 11 is 6.97. The number of benzene rings is 1. The van der Waals surface area contributed by atoms with Gasteiger partial charge in [0, 0.05) is 17.7 Å². The predicted molar refractivity (Wildman–Crippen MR) is 81.5 cm³/mol. The number of thioether (sulfide) groups is 1. The summed E-state index contributed by atoms with van der Waals surface area (Å²) in [6.45, 7) is 1.44. The Hall–Kier alpha value is -1.08. The number of aliphatic hydroxyl groups is 2. The molecule has 5 nitrogen and oxygen atoms in total.